The minimum atomic E-state index is -3.66. The Morgan fingerprint density at radius 1 is 1.03 bits per heavy atom. The lowest BCUT2D eigenvalue weighted by molar-refractivity contribution is -0.136. The number of amides is 1. The summed E-state index contributed by atoms with van der Waals surface area (Å²) in [6.07, 6.45) is -1.50. The average Bonchev–Trinajstić information content (AvgIpc) is 3.24. The van der Waals surface area contributed by atoms with Gasteiger partial charge in [0, 0.05) is 16.1 Å². The number of benzene rings is 3. The molecule has 0 aliphatic rings. The van der Waals surface area contributed by atoms with Crippen molar-refractivity contribution >= 4 is 39.2 Å². The molecule has 1 atom stereocenters. The summed E-state index contributed by atoms with van der Waals surface area (Å²) in [7, 11) is -3.66. The number of halogens is 1. The molecule has 0 saturated heterocycles. The number of nitrogens with one attached hydrogen (secondary N) is 1. The van der Waals surface area contributed by atoms with Crippen molar-refractivity contribution in [2.75, 3.05) is 5.32 Å². The molecule has 0 spiro atoms. The minimum Gasteiger partial charge on any atom is -0.481 e. The van der Waals surface area contributed by atoms with Crippen molar-refractivity contribution in [2.24, 2.45) is 0 Å². The van der Waals surface area contributed by atoms with Gasteiger partial charge in [-0.15, -0.1) is 0 Å². The van der Waals surface area contributed by atoms with Crippen LogP contribution in [0, 0.1) is 6.92 Å². The standard InChI is InChI=1S/C28H25ClN2O7S/c1-17-26(30-28(34)37-18(2)23-5-3-4-6-24(23)29)27(38-31-17)21-11-7-20(8-12-21)16-39(35,36)22-13-9-19(10-14-22)15-25(32)33/h3-14,18H,15-16H2,1-2H3,(H,30,34)(H,32,33). The predicted molar refractivity (Wildman–Crippen MR) is 145 cm³/mol. The molecule has 11 heteroatoms. The van der Waals surface area contributed by atoms with Crippen molar-refractivity contribution in [1.82, 2.24) is 5.16 Å². The van der Waals surface area contributed by atoms with Crippen LogP contribution in [0.4, 0.5) is 10.5 Å². The number of carboxylic acid groups (broad SMARTS) is 1. The summed E-state index contributed by atoms with van der Waals surface area (Å²) >= 11 is 6.19. The molecular formula is C28H25ClN2O7S. The number of aryl methyl sites for hydroxylation is 1. The molecule has 202 valence electrons. The summed E-state index contributed by atoms with van der Waals surface area (Å²) in [5.74, 6) is -0.953. The molecule has 4 aromatic rings. The van der Waals surface area contributed by atoms with Crippen LogP contribution >= 0.6 is 11.6 Å². The molecule has 1 amide bonds. The maximum absolute atomic E-state index is 12.9. The van der Waals surface area contributed by atoms with E-state index in [-0.39, 0.29) is 17.1 Å². The van der Waals surface area contributed by atoms with E-state index in [1.54, 1.807) is 62.4 Å². The van der Waals surface area contributed by atoms with Crippen LogP contribution in [0.25, 0.3) is 11.3 Å². The summed E-state index contributed by atoms with van der Waals surface area (Å²) in [6.45, 7) is 3.38. The van der Waals surface area contributed by atoms with E-state index in [0.717, 1.165) is 0 Å². The highest BCUT2D eigenvalue weighted by atomic mass is 35.5. The lowest BCUT2D eigenvalue weighted by Gasteiger charge is -2.15. The van der Waals surface area contributed by atoms with Gasteiger partial charge in [-0.2, -0.15) is 0 Å². The van der Waals surface area contributed by atoms with E-state index in [2.05, 4.69) is 10.5 Å². The topological polar surface area (TPSA) is 136 Å². The van der Waals surface area contributed by atoms with Crippen LogP contribution in [0.5, 0.6) is 0 Å². The van der Waals surface area contributed by atoms with Crippen molar-refractivity contribution in [3.05, 3.63) is 100 Å². The van der Waals surface area contributed by atoms with Crippen molar-refractivity contribution in [1.29, 1.82) is 0 Å². The van der Waals surface area contributed by atoms with E-state index in [9.17, 15) is 18.0 Å². The van der Waals surface area contributed by atoms with Crippen molar-refractivity contribution in [3.63, 3.8) is 0 Å². The van der Waals surface area contributed by atoms with Gasteiger partial charge >= 0.3 is 12.1 Å². The van der Waals surface area contributed by atoms with Crippen LogP contribution in [0.15, 0.2) is 82.2 Å². The molecule has 4 rings (SSSR count). The summed E-state index contributed by atoms with van der Waals surface area (Å²) < 4.78 is 36.6. The number of aliphatic carboxylic acids is 1. The Morgan fingerprint density at radius 3 is 2.31 bits per heavy atom. The van der Waals surface area contributed by atoms with Gasteiger partial charge in [-0.1, -0.05) is 71.4 Å². The first-order valence-corrected chi connectivity index (χ1v) is 13.9. The number of anilines is 1. The molecular weight excluding hydrogens is 544 g/mol. The number of carbonyl (C=O) groups is 2. The maximum Gasteiger partial charge on any atom is 0.412 e. The third kappa shape index (κ3) is 6.84. The Kier molecular flexibility index (Phi) is 8.37. The first-order chi connectivity index (χ1) is 18.5. The van der Waals surface area contributed by atoms with Crippen LogP contribution in [-0.4, -0.2) is 30.7 Å². The molecule has 1 heterocycles. The number of nitrogens with zero attached hydrogens (tertiary/aromatic N) is 1. The molecule has 2 N–H and O–H groups in total. The lowest BCUT2D eigenvalue weighted by atomic mass is 10.1. The molecule has 0 bridgehead atoms. The second-order valence-electron chi connectivity index (χ2n) is 8.84. The van der Waals surface area contributed by atoms with Gasteiger partial charge < -0.3 is 14.4 Å². The second-order valence-corrected chi connectivity index (χ2v) is 11.2. The SMILES string of the molecule is Cc1noc(-c2ccc(CS(=O)(=O)c3ccc(CC(=O)O)cc3)cc2)c1NC(=O)OC(C)c1ccccc1Cl. The Labute approximate surface area is 230 Å². The third-order valence-corrected chi connectivity index (χ3v) is 7.98. The summed E-state index contributed by atoms with van der Waals surface area (Å²) in [5.41, 5.74) is 3.05. The Balaban J connectivity index is 1.45. The summed E-state index contributed by atoms with van der Waals surface area (Å²) in [4.78, 5) is 23.6. The Morgan fingerprint density at radius 2 is 1.67 bits per heavy atom. The van der Waals surface area contributed by atoms with Gasteiger partial charge in [0.25, 0.3) is 0 Å². The van der Waals surface area contributed by atoms with Gasteiger partial charge in [0.15, 0.2) is 15.6 Å². The highest BCUT2D eigenvalue weighted by Gasteiger charge is 2.21. The molecule has 0 aliphatic heterocycles. The highest BCUT2D eigenvalue weighted by molar-refractivity contribution is 7.90. The molecule has 0 saturated carbocycles. The van der Waals surface area contributed by atoms with Gasteiger partial charge in [0.1, 0.15) is 17.5 Å². The lowest BCUT2D eigenvalue weighted by Crippen LogP contribution is -2.17. The van der Waals surface area contributed by atoms with Crippen molar-refractivity contribution < 1.29 is 32.4 Å². The molecule has 9 nitrogen and oxygen atoms in total. The zero-order valence-corrected chi connectivity index (χ0v) is 22.6. The summed E-state index contributed by atoms with van der Waals surface area (Å²) in [5, 5.41) is 16.0. The molecule has 3 aromatic carbocycles. The molecule has 0 fully saturated rings. The predicted octanol–water partition coefficient (Wildman–Crippen LogP) is 6.21. The maximum atomic E-state index is 12.9. The fourth-order valence-electron chi connectivity index (χ4n) is 3.92. The van der Waals surface area contributed by atoms with Gasteiger partial charge in [0.05, 0.1) is 17.1 Å². The number of sulfone groups is 1. The van der Waals surface area contributed by atoms with Crippen molar-refractivity contribution in [2.45, 2.75) is 37.0 Å². The number of aromatic nitrogens is 1. The van der Waals surface area contributed by atoms with Gasteiger partial charge in [-0.05, 0) is 43.2 Å². The molecule has 1 aromatic heterocycles. The number of rotatable bonds is 9. The van der Waals surface area contributed by atoms with Crippen molar-refractivity contribution in [3.8, 4) is 11.3 Å². The minimum absolute atomic E-state index is 0.0996. The van der Waals surface area contributed by atoms with E-state index in [4.69, 9.17) is 26.0 Å². The van der Waals surface area contributed by atoms with Crippen LogP contribution in [0.3, 0.4) is 0 Å². The fourth-order valence-corrected chi connectivity index (χ4v) is 5.56. The Hall–Kier alpha value is -4.15. The zero-order valence-electron chi connectivity index (χ0n) is 21.0. The molecule has 1 unspecified atom stereocenters. The van der Waals surface area contributed by atoms with E-state index in [1.807, 2.05) is 0 Å². The molecule has 39 heavy (non-hydrogen) atoms. The van der Waals surface area contributed by atoms with Crippen LogP contribution in [0.1, 0.15) is 35.4 Å². The van der Waals surface area contributed by atoms with Gasteiger partial charge in [-0.3, -0.25) is 10.1 Å². The van der Waals surface area contributed by atoms with Crippen LogP contribution in [-0.2, 0) is 31.5 Å². The normalized spacial score (nSPS) is 12.1. The highest BCUT2D eigenvalue weighted by Crippen LogP contribution is 2.32. The van der Waals surface area contributed by atoms with Gasteiger partial charge in [-0.25, -0.2) is 13.2 Å². The average molecular weight is 569 g/mol. The molecule has 0 aliphatic carbocycles. The number of carboxylic acids is 1. The largest absolute Gasteiger partial charge is 0.481 e. The van der Waals surface area contributed by atoms with Crippen LogP contribution in [0.2, 0.25) is 5.02 Å². The fraction of sp³-hybridized carbons (Fsp3) is 0.179. The van der Waals surface area contributed by atoms with E-state index in [0.29, 0.717) is 44.4 Å². The Bertz CT molecular complexity index is 1600. The number of hydrogen-bond donors (Lipinski definition) is 2. The van der Waals surface area contributed by atoms with E-state index < -0.39 is 28.0 Å². The first-order valence-electron chi connectivity index (χ1n) is 11.8. The smallest absolute Gasteiger partial charge is 0.412 e. The number of ether oxygens (including phenoxy) is 1. The first kappa shape index (κ1) is 27.9. The van der Waals surface area contributed by atoms with E-state index >= 15 is 0 Å². The van der Waals surface area contributed by atoms with Crippen LogP contribution < -0.4 is 5.32 Å². The third-order valence-electron chi connectivity index (χ3n) is 5.93. The van der Waals surface area contributed by atoms with Gasteiger partial charge in [0.2, 0.25) is 0 Å². The molecule has 0 radical (unpaired) electrons. The number of hydrogen-bond acceptors (Lipinski definition) is 7. The quantitative estimate of drug-likeness (QED) is 0.243. The van der Waals surface area contributed by atoms with E-state index in [1.165, 1.54) is 24.3 Å². The monoisotopic (exact) mass is 568 g/mol. The zero-order chi connectivity index (χ0) is 28.2. The summed E-state index contributed by atoms with van der Waals surface area (Å²) in [6, 6.07) is 19.5. The second kappa shape index (κ2) is 11.7. The number of carbonyl (C=O) groups excluding carboxylic acids is 1.